The van der Waals surface area contributed by atoms with Crippen molar-refractivity contribution in [3.63, 3.8) is 0 Å². The average Bonchev–Trinajstić information content (AvgIpc) is 3.07. The first-order valence-electron chi connectivity index (χ1n) is 7.21. The number of nitroso groups, excluding NO2 is 1. The van der Waals surface area contributed by atoms with Gasteiger partial charge in [-0.2, -0.15) is 0 Å². The van der Waals surface area contributed by atoms with E-state index < -0.39 is 0 Å². The van der Waals surface area contributed by atoms with Crippen molar-refractivity contribution in [2.75, 3.05) is 0 Å². The fourth-order valence-electron chi connectivity index (χ4n) is 3.23. The molecule has 0 fully saturated rings. The zero-order valence-corrected chi connectivity index (χ0v) is 11.9. The summed E-state index contributed by atoms with van der Waals surface area (Å²) in [6.07, 6.45) is 0. The highest BCUT2D eigenvalue weighted by Gasteiger charge is 2.24. The molecule has 22 heavy (non-hydrogen) atoms. The van der Waals surface area contributed by atoms with E-state index in [9.17, 15) is 10.0 Å². The molecule has 0 bridgehead atoms. The zero-order chi connectivity index (χ0) is 15.1. The number of nitrogens with zero attached hydrogens (tertiary/aromatic N) is 2. The Hall–Kier alpha value is -2.66. The van der Waals surface area contributed by atoms with Gasteiger partial charge in [0.2, 0.25) is 5.88 Å². The van der Waals surface area contributed by atoms with Crippen molar-refractivity contribution in [2.24, 2.45) is 5.18 Å². The summed E-state index contributed by atoms with van der Waals surface area (Å²) in [5, 5.41) is 13.4. The van der Waals surface area contributed by atoms with Crippen LogP contribution in [-0.4, -0.2) is 15.0 Å². The molecule has 0 atom stereocenters. The Labute approximate surface area is 127 Å². The molecule has 0 spiro atoms. The quantitative estimate of drug-likeness (QED) is 0.722. The lowest BCUT2D eigenvalue weighted by atomic mass is 10.1. The van der Waals surface area contributed by atoms with Crippen molar-refractivity contribution in [3.8, 4) is 5.88 Å². The van der Waals surface area contributed by atoms with Gasteiger partial charge in [-0.15, -0.1) is 4.91 Å². The third-order valence-corrected chi connectivity index (χ3v) is 4.25. The maximum Gasteiger partial charge on any atom is 0.219 e. The Kier molecular flexibility index (Phi) is 2.94. The van der Waals surface area contributed by atoms with Gasteiger partial charge in [-0.3, -0.25) is 4.90 Å². The highest BCUT2D eigenvalue weighted by Crippen LogP contribution is 2.39. The molecule has 110 valence electrons. The van der Waals surface area contributed by atoms with E-state index in [0.29, 0.717) is 5.39 Å². The molecule has 2 heterocycles. The molecule has 0 amide bonds. The summed E-state index contributed by atoms with van der Waals surface area (Å²) >= 11 is 0. The molecule has 5 heteroatoms. The van der Waals surface area contributed by atoms with Crippen LogP contribution in [0.15, 0.2) is 47.6 Å². The highest BCUT2D eigenvalue weighted by atomic mass is 16.3. The Morgan fingerprint density at radius 1 is 1.14 bits per heavy atom. The van der Waals surface area contributed by atoms with Crippen LogP contribution in [0.5, 0.6) is 5.88 Å². The van der Waals surface area contributed by atoms with Crippen molar-refractivity contribution in [1.29, 1.82) is 0 Å². The molecule has 5 nitrogen and oxygen atoms in total. The lowest BCUT2D eigenvalue weighted by Crippen LogP contribution is -2.15. The number of fused-ring (bicyclic) bond motifs is 3. The Balaban J connectivity index is 1.69. The number of hydrogen-bond acceptors (Lipinski definition) is 4. The first-order chi connectivity index (χ1) is 10.8. The number of aromatic nitrogens is 1. The fraction of sp³-hybridized carbons (Fsp3) is 0.176. The second-order valence-electron chi connectivity index (χ2n) is 5.67. The maximum absolute atomic E-state index is 10.9. The largest absolute Gasteiger partial charge is 0.493 e. The van der Waals surface area contributed by atoms with Crippen molar-refractivity contribution in [2.45, 2.75) is 19.6 Å². The molecular formula is C17H15N3O2. The van der Waals surface area contributed by atoms with E-state index in [-0.39, 0.29) is 11.6 Å². The lowest BCUT2D eigenvalue weighted by molar-refractivity contribution is 0.276. The van der Waals surface area contributed by atoms with Crippen LogP contribution in [0, 0.1) is 4.91 Å². The van der Waals surface area contributed by atoms with E-state index in [0.717, 1.165) is 30.7 Å². The van der Waals surface area contributed by atoms with Crippen LogP contribution in [-0.2, 0) is 19.6 Å². The molecule has 0 saturated heterocycles. The van der Waals surface area contributed by atoms with Crippen molar-refractivity contribution in [3.05, 3.63) is 64.1 Å². The van der Waals surface area contributed by atoms with Gasteiger partial charge in [-0.05, 0) is 21.9 Å². The van der Waals surface area contributed by atoms with Gasteiger partial charge < -0.3 is 10.1 Å². The summed E-state index contributed by atoms with van der Waals surface area (Å²) in [6, 6.07) is 14.2. The van der Waals surface area contributed by atoms with Crippen LogP contribution < -0.4 is 0 Å². The van der Waals surface area contributed by atoms with Crippen LogP contribution in [0.2, 0.25) is 0 Å². The van der Waals surface area contributed by atoms with E-state index in [2.05, 4.69) is 27.2 Å². The summed E-state index contributed by atoms with van der Waals surface area (Å²) in [6.45, 7) is 2.53. The van der Waals surface area contributed by atoms with Crippen LogP contribution in [0.1, 0.15) is 16.7 Å². The standard InChI is InChI=1S/C17H15N3O2/c21-17-16(19-22)13-7-6-12-9-20(10-14(12)15(13)18-17)8-11-4-2-1-3-5-11/h1-7,18,21H,8-10H2. The monoisotopic (exact) mass is 293 g/mol. The van der Waals surface area contributed by atoms with E-state index in [1.54, 1.807) is 0 Å². The summed E-state index contributed by atoms with van der Waals surface area (Å²) in [5.74, 6) is -0.153. The summed E-state index contributed by atoms with van der Waals surface area (Å²) in [7, 11) is 0. The van der Waals surface area contributed by atoms with Crippen molar-refractivity contribution < 1.29 is 5.11 Å². The molecular weight excluding hydrogens is 278 g/mol. The van der Waals surface area contributed by atoms with Gasteiger partial charge >= 0.3 is 0 Å². The molecule has 1 aromatic heterocycles. The minimum absolute atomic E-state index is 0.0966. The number of aromatic amines is 1. The predicted octanol–water partition coefficient (Wildman–Crippen LogP) is 3.79. The van der Waals surface area contributed by atoms with Gasteiger partial charge in [0, 0.05) is 25.0 Å². The van der Waals surface area contributed by atoms with Crippen LogP contribution in [0.4, 0.5) is 5.69 Å². The smallest absolute Gasteiger partial charge is 0.219 e. The van der Waals surface area contributed by atoms with Gasteiger partial charge in [0.05, 0.1) is 5.52 Å². The third kappa shape index (κ3) is 1.98. The zero-order valence-electron chi connectivity index (χ0n) is 11.9. The van der Waals surface area contributed by atoms with Crippen LogP contribution >= 0.6 is 0 Å². The second-order valence-corrected chi connectivity index (χ2v) is 5.67. The molecule has 0 saturated carbocycles. The molecule has 0 radical (unpaired) electrons. The lowest BCUT2D eigenvalue weighted by Gasteiger charge is -2.14. The Bertz CT molecular complexity index is 855. The van der Waals surface area contributed by atoms with Gasteiger partial charge in [-0.1, -0.05) is 42.5 Å². The normalized spacial score (nSPS) is 14.4. The number of aromatic hydroxyl groups is 1. The van der Waals surface area contributed by atoms with Gasteiger partial charge in [0.15, 0.2) is 5.69 Å². The minimum Gasteiger partial charge on any atom is -0.493 e. The van der Waals surface area contributed by atoms with Gasteiger partial charge in [0.1, 0.15) is 0 Å². The molecule has 3 aromatic rings. The molecule has 4 rings (SSSR count). The number of rotatable bonds is 3. The fourth-order valence-corrected chi connectivity index (χ4v) is 3.23. The van der Waals surface area contributed by atoms with Gasteiger partial charge in [0.25, 0.3) is 0 Å². The summed E-state index contributed by atoms with van der Waals surface area (Å²) in [4.78, 5) is 16.1. The Morgan fingerprint density at radius 3 is 2.73 bits per heavy atom. The van der Waals surface area contributed by atoms with Gasteiger partial charge in [-0.25, -0.2) is 0 Å². The molecule has 2 aromatic carbocycles. The van der Waals surface area contributed by atoms with E-state index in [1.165, 1.54) is 11.1 Å². The Morgan fingerprint density at radius 2 is 1.95 bits per heavy atom. The predicted molar refractivity (Wildman–Crippen MR) is 84.8 cm³/mol. The molecule has 0 aliphatic carbocycles. The molecule has 1 aliphatic rings. The number of hydrogen-bond donors (Lipinski definition) is 2. The second kappa shape index (κ2) is 4.96. The number of nitrogens with one attached hydrogen (secondary N) is 1. The molecule has 0 unspecified atom stereocenters. The summed E-state index contributed by atoms with van der Waals surface area (Å²) in [5.41, 5.74) is 4.55. The number of benzene rings is 2. The van der Waals surface area contributed by atoms with Crippen LogP contribution in [0.3, 0.4) is 0 Å². The van der Waals surface area contributed by atoms with Crippen molar-refractivity contribution >= 4 is 16.6 Å². The minimum atomic E-state index is -0.153. The summed E-state index contributed by atoms with van der Waals surface area (Å²) < 4.78 is 0. The van der Waals surface area contributed by atoms with E-state index in [1.807, 2.05) is 30.3 Å². The highest BCUT2D eigenvalue weighted by molar-refractivity contribution is 5.96. The third-order valence-electron chi connectivity index (χ3n) is 4.25. The first-order valence-corrected chi connectivity index (χ1v) is 7.21. The van der Waals surface area contributed by atoms with E-state index >= 15 is 0 Å². The molecule has 1 aliphatic heterocycles. The number of H-pyrrole nitrogens is 1. The topological polar surface area (TPSA) is 68.7 Å². The van der Waals surface area contributed by atoms with E-state index in [4.69, 9.17) is 0 Å². The van der Waals surface area contributed by atoms with Crippen LogP contribution in [0.25, 0.3) is 10.9 Å². The first kappa shape index (κ1) is 13.0. The maximum atomic E-state index is 10.9. The average molecular weight is 293 g/mol. The molecule has 2 N–H and O–H groups in total. The SMILES string of the molecule is O=Nc1c(O)[nH]c2c3c(ccc12)CN(Cc1ccccc1)C3. The van der Waals surface area contributed by atoms with Crippen molar-refractivity contribution in [1.82, 2.24) is 9.88 Å².